The lowest BCUT2D eigenvalue weighted by atomic mass is 10.2. The summed E-state index contributed by atoms with van der Waals surface area (Å²) in [5.41, 5.74) is 5.70. The first-order valence-corrected chi connectivity index (χ1v) is 8.70. The minimum atomic E-state index is -0.562. The van der Waals surface area contributed by atoms with Crippen LogP contribution in [0.1, 0.15) is 56.8 Å². The number of aryl methyl sites for hydroxylation is 1. The molecule has 1 rings (SSSR count). The normalized spacial score (nSPS) is 10.7. The summed E-state index contributed by atoms with van der Waals surface area (Å²) >= 11 is 0. The summed E-state index contributed by atoms with van der Waals surface area (Å²) in [6, 6.07) is 1.38. The molecule has 0 amide bonds. The summed E-state index contributed by atoms with van der Waals surface area (Å²) in [6.45, 7) is 4.23. The molecule has 0 aromatic carbocycles. The molecule has 0 unspecified atom stereocenters. The number of unbranched alkanes of at least 4 members (excludes halogenated alkanes) is 3. The first-order valence-electron chi connectivity index (χ1n) is 8.70. The molecule has 7 heteroatoms. The van der Waals surface area contributed by atoms with E-state index >= 15 is 0 Å². The van der Waals surface area contributed by atoms with E-state index < -0.39 is 17.1 Å². The average Bonchev–Trinajstić information content (AvgIpc) is 2.59. The fourth-order valence-electron chi connectivity index (χ4n) is 2.54. The number of hydrogen-bond acceptors (Lipinski definition) is 6. The lowest BCUT2D eigenvalue weighted by Crippen LogP contribution is -2.19. The van der Waals surface area contributed by atoms with Gasteiger partial charge in [0.1, 0.15) is 18.1 Å². The predicted octanol–water partition coefficient (Wildman–Crippen LogP) is 1.79. The predicted molar refractivity (Wildman–Crippen MR) is 94.3 cm³/mol. The van der Waals surface area contributed by atoms with E-state index in [9.17, 15) is 19.5 Å². The molecule has 0 saturated carbocycles. The Balaban J connectivity index is 2.80. The number of Topliss-reactive ketones (excluding diaryl/α,β-unsaturated/α-hetero) is 1. The summed E-state index contributed by atoms with van der Waals surface area (Å²) < 4.78 is 6.94. The van der Waals surface area contributed by atoms with E-state index in [4.69, 9.17) is 10.5 Å². The molecular weight excluding hydrogens is 324 g/mol. The molecule has 0 bridgehead atoms. The molecule has 0 aliphatic rings. The van der Waals surface area contributed by atoms with Crippen LogP contribution in [0.4, 0.5) is 0 Å². The largest absolute Gasteiger partial charge is 0.503 e. The number of nitrogens with zero attached hydrogens (tertiary/aromatic N) is 1. The minimum absolute atomic E-state index is 0.0267. The SMILES string of the molecule is CCCCCCn1c(C)cc(=O)c(O)c1COC(=O)CCC(=O)CN. The third kappa shape index (κ3) is 6.70. The first kappa shape index (κ1) is 20.9. The molecule has 0 spiro atoms. The number of pyridine rings is 1. The van der Waals surface area contributed by atoms with Gasteiger partial charge in [0.05, 0.1) is 13.0 Å². The minimum Gasteiger partial charge on any atom is -0.503 e. The maximum atomic E-state index is 11.8. The van der Waals surface area contributed by atoms with Gasteiger partial charge in [0, 0.05) is 24.7 Å². The number of aromatic hydroxyl groups is 1. The van der Waals surface area contributed by atoms with Crippen LogP contribution in [0.5, 0.6) is 5.75 Å². The summed E-state index contributed by atoms with van der Waals surface area (Å²) in [5.74, 6) is -1.18. The molecule has 1 heterocycles. The number of hydrogen-bond donors (Lipinski definition) is 2. The van der Waals surface area contributed by atoms with Gasteiger partial charge in [0.2, 0.25) is 5.43 Å². The summed E-state index contributed by atoms with van der Waals surface area (Å²) in [4.78, 5) is 34.7. The van der Waals surface area contributed by atoms with Crippen LogP contribution in [0.3, 0.4) is 0 Å². The van der Waals surface area contributed by atoms with Crippen molar-refractivity contribution in [2.75, 3.05) is 6.54 Å². The second-order valence-electron chi connectivity index (χ2n) is 6.06. The van der Waals surface area contributed by atoms with Crippen molar-refractivity contribution in [3.63, 3.8) is 0 Å². The third-order valence-electron chi connectivity index (χ3n) is 4.04. The molecule has 0 aliphatic carbocycles. The topological polar surface area (TPSA) is 112 Å². The van der Waals surface area contributed by atoms with Crippen molar-refractivity contribution in [1.82, 2.24) is 4.57 Å². The van der Waals surface area contributed by atoms with Crippen LogP contribution in [0.25, 0.3) is 0 Å². The molecule has 1 aromatic rings. The molecule has 0 radical (unpaired) electrons. The van der Waals surface area contributed by atoms with Crippen LogP contribution in [0.15, 0.2) is 10.9 Å². The number of ketones is 1. The fourth-order valence-corrected chi connectivity index (χ4v) is 2.54. The van der Waals surface area contributed by atoms with E-state index in [1.165, 1.54) is 6.07 Å². The maximum Gasteiger partial charge on any atom is 0.306 e. The van der Waals surface area contributed by atoms with Crippen LogP contribution < -0.4 is 11.2 Å². The van der Waals surface area contributed by atoms with Gasteiger partial charge in [-0.3, -0.25) is 14.4 Å². The van der Waals surface area contributed by atoms with Gasteiger partial charge in [-0.05, 0) is 13.3 Å². The Morgan fingerprint density at radius 3 is 2.60 bits per heavy atom. The number of aromatic nitrogens is 1. The Bertz CT molecular complexity index is 652. The zero-order valence-corrected chi connectivity index (χ0v) is 15.0. The highest BCUT2D eigenvalue weighted by atomic mass is 16.5. The molecule has 0 aliphatic heterocycles. The van der Waals surface area contributed by atoms with Gasteiger partial charge in [0.25, 0.3) is 0 Å². The standard InChI is InChI=1S/C18H28N2O5/c1-3-4-5-6-9-20-13(2)10-16(22)18(24)15(20)12-25-17(23)8-7-14(21)11-19/h10,24H,3-9,11-12,19H2,1-2H3. The van der Waals surface area contributed by atoms with Crippen molar-refractivity contribution in [3.05, 3.63) is 27.7 Å². The second kappa shape index (κ2) is 10.7. The molecule has 0 saturated heterocycles. The van der Waals surface area contributed by atoms with Crippen molar-refractivity contribution >= 4 is 11.8 Å². The zero-order valence-electron chi connectivity index (χ0n) is 15.0. The van der Waals surface area contributed by atoms with Crippen molar-refractivity contribution in [2.24, 2.45) is 5.73 Å². The highest BCUT2D eigenvalue weighted by Crippen LogP contribution is 2.17. The second-order valence-corrected chi connectivity index (χ2v) is 6.06. The van der Waals surface area contributed by atoms with Crippen LogP contribution >= 0.6 is 0 Å². The quantitative estimate of drug-likeness (QED) is 0.464. The number of carbonyl (C=O) groups is 2. The van der Waals surface area contributed by atoms with Crippen LogP contribution in [0, 0.1) is 6.92 Å². The molecule has 0 fully saturated rings. The van der Waals surface area contributed by atoms with Gasteiger partial charge in [-0.15, -0.1) is 0 Å². The monoisotopic (exact) mass is 352 g/mol. The lowest BCUT2D eigenvalue weighted by Gasteiger charge is -2.18. The van der Waals surface area contributed by atoms with E-state index in [1.807, 2.05) is 4.57 Å². The summed E-state index contributed by atoms with van der Waals surface area (Å²) in [6.07, 6.45) is 4.14. The highest BCUT2D eigenvalue weighted by Gasteiger charge is 2.15. The van der Waals surface area contributed by atoms with E-state index in [1.54, 1.807) is 6.92 Å². The van der Waals surface area contributed by atoms with Gasteiger partial charge in [-0.25, -0.2) is 0 Å². The first-order chi connectivity index (χ1) is 11.9. The van der Waals surface area contributed by atoms with E-state index in [0.29, 0.717) is 17.9 Å². The highest BCUT2D eigenvalue weighted by molar-refractivity contribution is 5.84. The smallest absolute Gasteiger partial charge is 0.306 e. The molecule has 3 N–H and O–H groups in total. The van der Waals surface area contributed by atoms with Gasteiger partial charge < -0.3 is 20.1 Å². The Kier molecular flexibility index (Phi) is 8.91. The molecule has 25 heavy (non-hydrogen) atoms. The number of nitrogens with two attached hydrogens (primary N) is 1. The maximum absolute atomic E-state index is 11.8. The Morgan fingerprint density at radius 2 is 1.96 bits per heavy atom. The molecule has 140 valence electrons. The third-order valence-corrected chi connectivity index (χ3v) is 4.04. The number of carbonyl (C=O) groups excluding carboxylic acids is 2. The lowest BCUT2D eigenvalue weighted by molar-refractivity contribution is -0.146. The average molecular weight is 352 g/mol. The van der Waals surface area contributed by atoms with Crippen molar-refractivity contribution in [3.8, 4) is 5.75 Å². The Hall–Kier alpha value is -2.15. The van der Waals surface area contributed by atoms with E-state index in [2.05, 4.69) is 6.92 Å². The molecule has 1 aromatic heterocycles. The summed E-state index contributed by atoms with van der Waals surface area (Å²) in [5, 5.41) is 10.1. The van der Waals surface area contributed by atoms with Gasteiger partial charge in [0.15, 0.2) is 5.75 Å². The van der Waals surface area contributed by atoms with Crippen molar-refractivity contribution in [2.45, 2.75) is 65.5 Å². The van der Waals surface area contributed by atoms with Crippen LogP contribution in [-0.2, 0) is 27.5 Å². The number of esters is 1. The molecule has 0 atom stereocenters. The summed E-state index contributed by atoms with van der Waals surface area (Å²) in [7, 11) is 0. The van der Waals surface area contributed by atoms with Crippen molar-refractivity contribution in [1.29, 1.82) is 0 Å². The Morgan fingerprint density at radius 1 is 1.24 bits per heavy atom. The number of ether oxygens (including phenoxy) is 1. The van der Waals surface area contributed by atoms with Crippen molar-refractivity contribution < 1.29 is 19.4 Å². The molecule has 7 nitrogen and oxygen atoms in total. The van der Waals surface area contributed by atoms with Gasteiger partial charge in [-0.2, -0.15) is 0 Å². The van der Waals surface area contributed by atoms with E-state index in [-0.39, 0.29) is 31.8 Å². The number of rotatable bonds is 11. The van der Waals surface area contributed by atoms with Crippen LogP contribution in [-0.4, -0.2) is 28.0 Å². The van der Waals surface area contributed by atoms with Gasteiger partial charge in [-0.1, -0.05) is 26.2 Å². The van der Waals surface area contributed by atoms with E-state index in [0.717, 1.165) is 25.7 Å². The van der Waals surface area contributed by atoms with Gasteiger partial charge >= 0.3 is 5.97 Å². The zero-order chi connectivity index (χ0) is 18.8. The molecular formula is C18H28N2O5. The van der Waals surface area contributed by atoms with Crippen LogP contribution in [0.2, 0.25) is 0 Å². The fraction of sp³-hybridized carbons (Fsp3) is 0.611. The Labute approximate surface area is 147 Å².